The van der Waals surface area contributed by atoms with Crippen LogP contribution in [0.4, 0.5) is 11.6 Å². The van der Waals surface area contributed by atoms with Crippen molar-refractivity contribution in [3.8, 4) is 11.3 Å². The topological polar surface area (TPSA) is 66.9 Å². The van der Waals surface area contributed by atoms with Gasteiger partial charge in [-0.05, 0) is 18.1 Å². The third kappa shape index (κ3) is 3.44. The Bertz CT molecular complexity index is 956. The van der Waals surface area contributed by atoms with Crippen molar-refractivity contribution in [1.82, 2.24) is 9.97 Å². The first kappa shape index (κ1) is 16.3. The monoisotopic (exact) mass is 342 g/mol. The molecule has 0 radical (unpaired) electrons. The summed E-state index contributed by atoms with van der Waals surface area (Å²) in [6.45, 7) is 0.751. The molecule has 1 amide bonds. The predicted molar refractivity (Wildman–Crippen MR) is 107 cm³/mol. The van der Waals surface area contributed by atoms with Gasteiger partial charge in [-0.2, -0.15) is 0 Å². The number of nitrogens with one attached hydrogen (secondary N) is 2. The summed E-state index contributed by atoms with van der Waals surface area (Å²) in [7, 11) is 2.09. The molecule has 0 spiro atoms. The number of carbonyl (C=O) groups excluding carboxylic acids is 1. The lowest BCUT2D eigenvalue weighted by atomic mass is 9.95. The van der Waals surface area contributed by atoms with E-state index in [1.807, 2.05) is 24.3 Å². The Labute approximate surface area is 153 Å². The molecule has 3 aromatic rings. The summed E-state index contributed by atoms with van der Waals surface area (Å²) in [5, 5.41) is 6.22. The minimum atomic E-state index is -0.0418. The molecule has 0 bridgehead atoms. The van der Waals surface area contributed by atoms with E-state index in [4.69, 9.17) is 0 Å². The number of rotatable bonds is 4. The van der Waals surface area contributed by atoms with E-state index < -0.39 is 0 Å². The van der Waals surface area contributed by atoms with Gasteiger partial charge >= 0.3 is 0 Å². The van der Waals surface area contributed by atoms with E-state index in [0.717, 1.165) is 35.5 Å². The second kappa shape index (κ2) is 7.00. The van der Waals surface area contributed by atoms with Crippen LogP contribution in [0, 0.1) is 0 Å². The number of carbonyl (C=O) groups is 1. The summed E-state index contributed by atoms with van der Waals surface area (Å²) in [6, 6.07) is 16.3. The van der Waals surface area contributed by atoms with E-state index in [1.54, 1.807) is 6.20 Å². The fourth-order valence-electron chi connectivity index (χ4n) is 3.09. The molecule has 5 nitrogen and oxygen atoms in total. The molecule has 4 rings (SSSR count). The Kier molecular flexibility index (Phi) is 4.40. The van der Waals surface area contributed by atoms with Gasteiger partial charge in [-0.25, -0.2) is 9.97 Å². The molecule has 0 unspecified atom stereocenters. The van der Waals surface area contributed by atoms with Crippen LogP contribution in [0.15, 0.2) is 54.7 Å². The Morgan fingerprint density at radius 2 is 1.92 bits per heavy atom. The van der Waals surface area contributed by atoms with Gasteiger partial charge in [-0.1, -0.05) is 47.9 Å². The quantitative estimate of drug-likeness (QED) is 0.706. The maximum Gasteiger partial charge on any atom is 0.228 e. The van der Waals surface area contributed by atoms with Crippen LogP contribution in [-0.4, -0.2) is 30.3 Å². The van der Waals surface area contributed by atoms with Crippen molar-refractivity contribution in [2.24, 2.45) is 0 Å². The van der Waals surface area contributed by atoms with E-state index in [2.05, 4.69) is 52.7 Å². The zero-order chi connectivity index (χ0) is 17.9. The Morgan fingerprint density at radius 1 is 1.12 bits per heavy atom. The normalized spacial score (nSPS) is 12.5. The van der Waals surface area contributed by atoms with Gasteiger partial charge < -0.3 is 10.6 Å². The molecule has 1 aromatic heterocycles. The van der Waals surface area contributed by atoms with Crippen molar-refractivity contribution in [2.75, 3.05) is 17.2 Å². The van der Waals surface area contributed by atoms with Gasteiger partial charge in [-0.3, -0.25) is 4.79 Å². The van der Waals surface area contributed by atoms with Crippen LogP contribution in [0.1, 0.15) is 11.1 Å². The van der Waals surface area contributed by atoms with Gasteiger partial charge in [0, 0.05) is 23.9 Å². The van der Waals surface area contributed by atoms with Gasteiger partial charge in [0.2, 0.25) is 11.9 Å². The summed E-state index contributed by atoms with van der Waals surface area (Å²) in [5.74, 6) is 0.542. The summed E-state index contributed by atoms with van der Waals surface area (Å²) >= 11 is 0. The third-order valence-electron chi connectivity index (χ3n) is 4.49. The van der Waals surface area contributed by atoms with Gasteiger partial charge in [0.05, 0.1) is 17.8 Å². The Balaban J connectivity index is 1.54. The number of benzene rings is 2. The number of nitrogens with zero attached hydrogens (tertiary/aromatic N) is 2. The van der Waals surface area contributed by atoms with Crippen LogP contribution in [0.5, 0.6) is 0 Å². The van der Waals surface area contributed by atoms with E-state index in [-0.39, 0.29) is 12.3 Å². The van der Waals surface area contributed by atoms with Crippen molar-refractivity contribution in [1.29, 1.82) is 0 Å². The first-order valence-electron chi connectivity index (χ1n) is 8.73. The van der Waals surface area contributed by atoms with E-state index in [9.17, 15) is 4.79 Å². The molecular weight excluding hydrogens is 323 g/mol. The van der Waals surface area contributed by atoms with Gasteiger partial charge in [0.25, 0.3) is 0 Å². The van der Waals surface area contributed by atoms with Crippen LogP contribution in [0.25, 0.3) is 11.3 Å². The number of anilines is 2. The minimum absolute atomic E-state index is 0.0418. The maximum absolute atomic E-state index is 12.1. The second-order valence-corrected chi connectivity index (χ2v) is 6.50. The van der Waals surface area contributed by atoms with Crippen LogP contribution in [-0.2, 0) is 17.6 Å². The van der Waals surface area contributed by atoms with Crippen LogP contribution in [0.2, 0.25) is 0 Å². The summed E-state index contributed by atoms with van der Waals surface area (Å²) in [5.41, 5.74) is 5.91. The van der Waals surface area contributed by atoms with Crippen LogP contribution >= 0.6 is 0 Å². The second-order valence-electron chi connectivity index (χ2n) is 6.50. The SMILES string of the molecule is Bc1ccc(CCNc2ncc3c(n2)-c2ccccc2NC(=O)C3)cc1. The van der Waals surface area contributed by atoms with Crippen LogP contribution in [0.3, 0.4) is 0 Å². The summed E-state index contributed by atoms with van der Waals surface area (Å²) in [6.07, 6.45) is 2.93. The molecule has 2 N–H and O–H groups in total. The average Bonchev–Trinajstić information content (AvgIpc) is 2.78. The van der Waals surface area contributed by atoms with Crippen molar-refractivity contribution in [3.05, 3.63) is 65.9 Å². The number of hydrogen-bond donors (Lipinski definition) is 2. The van der Waals surface area contributed by atoms with Crippen molar-refractivity contribution >= 4 is 30.9 Å². The van der Waals surface area contributed by atoms with Gasteiger partial charge in [0.15, 0.2) is 0 Å². The van der Waals surface area contributed by atoms with E-state index in [1.165, 1.54) is 11.0 Å². The molecule has 0 atom stereocenters. The molecule has 2 aromatic carbocycles. The van der Waals surface area contributed by atoms with Crippen molar-refractivity contribution < 1.29 is 4.79 Å². The number of amides is 1. The average molecular weight is 342 g/mol. The number of para-hydroxylation sites is 1. The molecule has 0 fully saturated rings. The molecule has 128 valence electrons. The molecule has 0 saturated carbocycles. The van der Waals surface area contributed by atoms with Crippen LogP contribution < -0.4 is 16.1 Å². The highest BCUT2D eigenvalue weighted by molar-refractivity contribution is 6.32. The van der Waals surface area contributed by atoms with E-state index in [0.29, 0.717) is 5.95 Å². The molecule has 1 aliphatic rings. The molecule has 0 saturated heterocycles. The zero-order valence-electron chi connectivity index (χ0n) is 14.6. The summed E-state index contributed by atoms with van der Waals surface area (Å²) in [4.78, 5) is 21.1. The highest BCUT2D eigenvalue weighted by atomic mass is 16.1. The highest BCUT2D eigenvalue weighted by Gasteiger charge is 2.20. The number of fused-ring (bicyclic) bond motifs is 3. The Morgan fingerprint density at radius 3 is 2.77 bits per heavy atom. The molecule has 2 heterocycles. The highest BCUT2D eigenvalue weighted by Crippen LogP contribution is 2.32. The largest absolute Gasteiger partial charge is 0.354 e. The smallest absolute Gasteiger partial charge is 0.228 e. The van der Waals surface area contributed by atoms with Gasteiger partial charge in [-0.15, -0.1) is 0 Å². The lowest BCUT2D eigenvalue weighted by Gasteiger charge is -2.10. The van der Waals surface area contributed by atoms with Crippen molar-refractivity contribution in [2.45, 2.75) is 12.8 Å². The molecule has 26 heavy (non-hydrogen) atoms. The lowest BCUT2D eigenvalue weighted by molar-refractivity contribution is -0.115. The molecular formula is C20H19BN4O. The Hall–Kier alpha value is -3.15. The fourth-order valence-corrected chi connectivity index (χ4v) is 3.09. The first-order chi connectivity index (χ1) is 12.7. The number of hydrogen-bond acceptors (Lipinski definition) is 4. The third-order valence-corrected chi connectivity index (χ3v) is 4.49. The standard InChI is InChI=1S/C20H19BN4O/c21-15-7-5-13(6-8-15)9-10-22-20-23-12-14-11-18(26)24-17-4-2-1-3-16(17)19(14)25-20/h1-8,12H,9-11,21H2,(H,24,26)(H,22,23,25). The van der Waals surface area contributed by atoms with Gasteiger partial charge in [0.1, 0.15) is 7.85 Å². The summed E-state index contributed by atoms with van der Waals surface area (Å²) < 4.78 is 0. The van der Waals surface area contributed by atoms with E-state index >= 15 is 0 Å². The van der Waals surface area contributed by atoms with Crippen molar-refractivity contribution in [3.63, 3.8) is 0 Å². The lowest BCUT2D eigenvalue weighted by Crippen LogP contribution is -2.13. The maximum atomic E-state index is 12.1. The fraction of sp³-hybridized carbons (Fsp3) is 0.150. The predicted octanol–water partition coefficient (Wildman–Crippen LogP) is 1.55. The number of aromatic nitrogens is 2. The zero-order valence-corrected chi connectivity index (χ0v) is 14.6. The molecule has 1 aliphatic heterocycles. The minimum Gasteiger partial charge on any atom is -0.354 e. The molecule has 6 heteroatoms. The first-order valence-corrected chi connectivity index (χ1v) is 8.73. The molecule has 0 aliphatic carbocycles.